The van der Waals surface area contributed by atoms with E-state index in [1.54, 1.807) is 37.3 Å². The van der Waals surface area contributed by atoms with Gasteiger partial charge in [0.2, 0.25) is 5.75 Å². The zero-order chi connectivity index (χ0) is 31.8. The topological polar surface area (TPSA) is 150 Å². The first-order valence-corrected chi connectivity index (χ1v) is 17.2. The van der Waals surface area contributed by atoms with Crippen molar-refractivity contribution in [1.29, 1.82) is 0 Å². The predicted octanol–water partition coefficient (Wildman–Crippen LogP) is 7.04. The Hall–Kier alpha value is -3.88. The van der Waals surface area contributed by atoms with Crippen molar-refractivity contribution in [1.82, 2.24) is 0 Å². The second kappa shape index (κ2) is 12.3. The molecule has 0 radical (unpaired) electrons. The monoisotopic (exact) mass is 690 g/mol. The number of fused-ring (bicyclic) bond motifs is 1. The molecule has 1 aliphatic heterocycles. The van der Waals surface area contributed by atoms with Crippen LogP contribution in [0, 0.1) is 17.0 Å². The van der Waals surface area contributed by atoms with E-state index in [4.69, 9.17) is 27.4 Å². The molecule has 4 aromatic rings. The third-order valence-corrected chi connectivity index (χ3v) is 11.1. The Bertz CT molecular complexity index is 2060. The number of halogens is 2. The molecule has 10 nitrogen and oxygen atoms in total. The van der Waals surface area contributed by atoms with Crippen LogP contribution >= 0.6 is 35.0 Å². The van der Waals surface area contributed by atoms with E-state index in [9.17, 15) is 31.7 Å². The molecule has 0 unspecified atom stereocenters. The number of sulfone groups is 1. The Kier molecular flexibility index (Phi) is 8.78. The van der Waals surface area contributed by atoms with Crippen molar-refractivity contribution in [3.05, 3.63) is 121 Å². The molecule has 15 heteroatoms. The Balaban J connectivity index is 1.39. The molecular weight excluding hydrogens is 671 g/mol. The molecule has 1 amide bonds. The van der Waals surface area contributed by atoms with Gasteiger partial charge in [-0.25, -0.2) is 8.42 Å². The molecule has 0 fully saturated rings. The van der Waals surface area contributed by atoms with Crippen LogP contribution in [0.1, 0.15) is 16.7 Å². The van der Waals surface area contributed by atoms with Crippen LogP contribution in [0.4, 0.5) is 11.4 Å². The van der Waals surface area contributed by atoms with E-state index in [0.717, 1.165) is 29.5 Å². The number of nitro groups is 1. The molecule has 1 aliphatic rings. The van der Waals surface area contributed by atoms with Gasteiger partial charge in [-0.05, 0) is 67.1 Å². The lowest BCUT2D eigenvalue weighted by molar-refractivity contribution is -0.385. The summed E-state index contributed by atoms with van der Waals surface area (Å²) >= 11 is 13.3. The molecule has 0 spiro atoms. The maximum absolute atomic E-state index is 13.1. The smallest absolute Gasteiger partial charge is 0.339 e. The lowest BCUT2D eigenvalue weighted by Gasteiger charge is -2.19. The van der Waals surface area contributed by atoms with Crippen molar-refractivity contribution in [2.75, 3.05) is 5.32 Å². The lowest BCUT2D eigenvalue weighted by atomic mass is 10.1. The van der Waals surface area contributed by atoms with Gasteiger partial charge in [0, 0.05) is 26.6 Å². The zero-order valence-electron chi connectivity index (χ0n) is 22.5. The van der Waals surface area contributed by atoms with Crippen molar-refractivity contribution in [2.45, 2.75) is 27.4 Å². The van der Waals surface area contributed by atoms with E-state index in [1.807, 2.05) is 0 Å². The standard InChI is InChI=1S/C29H20Cl2N2O8S3/c1-17-5-8-19(9-6-17)44(39,40)41-26-11-7-18(13-25(26)33(35)36)14-28-29(34)32-24-15-20(10-12-27(24)42-28)43(37,38)16-21-22(30)3-2-4-23(21)31/h2-15H,16H2,1H3,(H,32,34). The van der Waals surface area contributed by atoms with Crippen LogP contribution in [0.5, 0.6) is 5.75 Å². The number of hydrogen-bond donors (Lipinski definition) is 1. The SMILES string of the molecule is Cc1ccc(S(=O)(=O)Oc2ccc(C=C3Sc4ccc(S(=O)(=O)Cc5c(Cl)cccc5Cl)cc4NC3=O)cc2[N+](=O)[O-])cc1. The van der Waals surface area contributed by atoms with Crippen molar-refractivity contribution < 1.29 is 30.7 Å². The summed E-state index contributed by atoms with van der Waals surface area (Å²) in [5, 5.41) is 14.9. The van der Waals surface area contributed by atoms with Crippen LogP contribution in [0.3, 0.4) is 0 Å². The molecule has 0 saturated heterocycles. The number of aryl methyl sites for hydroxylation is 1. The fourth-order valence-corrected chi connectivity index (χ4v) is 8.13. The van der Waals surface area contributed by atoms with Crippen molar-refractivity contribution in [3.63, 3.8) is 0 Å². The molecule has 0 aliphatic carbocycles. The highest BCUT2D eigenvalue weighted by atomic mass is 35.5. The number of carbonyl (C=O) groups excluding carboxylic acids is 1. The van der Waals surface area contributed by atoms with Crippen molar-refractivity contribution in [2.24, 2.45) is 0 Å². The number of nitro benzene ring substituents is 1. The lowest BCUT2D eigenvalue weighted by Crippen LogP contribution is -2.18. The Labute approximate surface area is 266 Å². The number of nitrogens with one attached hydrogen (secondary N) is 1. The zero-order valence-corrected chi connectivity index (χ0v) is 26.4. The number of hydrogen-bond acceptors (Lipinski definition) is 9. The molecule has 0 saturated carbocycles. The molecule has 4 aromatic carbocycles. The minimum Gasteiger partial charge on any atom is -0.372 e. The number of carbonyl (C=O) groups is 1. The maximum Gasteiger partial charge on any atom is 0.339 e. The van der Waals surface area contributed by atoms with Gasteiger partial charge in [-0.15, -0.1) is 0 Å². The highest BCUT2D eigenvalue weighted by molar-refractivity contribution is 8.04. The number of anilines is 1. The normalized spacial score (nSPS) is 14.2. The fraction of sp³-hybridized carbons (Fsp3) is 0.0690. The largest absolute Gasteiger partial charge is 0.372 e. The van der Waals surface area contributed by atoms with E-state index in [-0.39, 0.29) is 41.6 Å². The van der Waals surface area contributed by atoms with Gasteiger partial charge >= 0.3 is 15.8 Å². The van der Waals surface area contributed by atoms with Crippen LogP contribution in [-0.4, -0.2) is 27.7 Å². The molecule has 0 aromatic heterocycles. The molecule has 0 atom stereocenters. The number of benzene rings is 4. The van der Waals surface area contributed by atoms with Gasteiger partial charge in [-0.2, -0.15) is 8.42 Å². The predicted molar refractivity (Wildman–Crippen MR) is 168 cm³/mol. The number of amides is 1. The van der Waals surface area contributed by atoms with Gasteiger partial charge in [0.25, 0.3) is 5.91 Å². The quantitative estimate of drug-likeness (QED) is 0.0889. The van der Waals surface area contributed by atoms with Gasteiger partial charge in [-0.1, -0.05) is 64.8 Å². The molecule has 1 N–H and O–H groups in total. The summed E-state index contributed by atoms with van der Waals surface area (Å²) in [6.07, 6.45) is 1.39. The van der Waals surface area contributed by atoms with Gasteiger partial charge in [0.1, 0.15) is 4.90 Å². The second-order valence-electron chi connectivity index (χ2n) is 9.52. The molecule has 44 heavy (non-hydrogen) atoms. The average molecular weight is 692 g/mol. The van der Waals surface area contributed by atoms with Crippen LogP contribution in [0.2, 0.25) is 10.0 Å². The minimum atomic E-state index is -4.35. The van der Waals surface area contributed by atoms with Crippen LogP contribution < -0.4 is 9.50 Å². The minimum absolute atomic E-state index is 0.0487. The molecule has 226 valence electrons. The van der Waals surface area contributed by atoms with E-state index >= 15 is 0 Å². The summed E-state index contributed by atoms with van der Waals surface area (Å²) in [5.74, 6) is -1.51. The average Bonchev–Trinajstić information content (AvgIpc) is 2.96. The summed E-state index contributed by atoms with van der Waals surface area (Å²) in [6.45, 7) is 1.78. The van der Waals surface area contributed by atoms with Crippen LogP contribution in [-0.2, 0) is 30.5 Å². The molecule has 0 bridgehead atoms. The third-order valence-electron chi connectivity index (χ3n) is 6.38. The number of rotatable bonds is 8. The maximum atomic E-state index is 13.1. The van der Waals surface area contributed by atoms with E-state index < -0.39 is 48.0 Å². The molecule has 5 rings (SSSR count). The summed E-state index contributed by atoms with van der Waals surface area (Å²) in [4.78, 5) is 24.4. The van der Waals surface area contributed by atoms with Gasteiger partial charge in [-0.3, -0.25) is 14.9 Å². The molecular formula is C29H20Cl2N2O8S3. The number of nitrogens with zero attached hydrogens (tertiary/aromatic N) is 1. The van der Waals surface area contributed by atoms with Crippen molar-refractivity contribution in [3.8, 4) is 5.75 Å². The van der Waals surface area contributed by atoms with Crippen LogP contribution in [0.15, 0.2) is 98.5 Å². The highest BCUT2D eigenvalue weighted by Gasteiger charge is 2.27. The Morgan fingerprint density at radius 2 is 1.59 bits per heavy atom. The van der Waals surface area contributed by atoms with E-state index in [0.29, 0.717) is 4.90 Å². The van der Waals surface area contributed by atoms with Crippen LogP contribution in [0.25, 0.3) is 6.08 Å². The molecule has 1 heterocycles. The van der Waals surface area contributed by atoms with E-state index in [2.05, 4.69) is 5.32 Å². The first-order valence-electron chi connectivity index (χ1n) is 12.5. The first-order chi connectivity index (χ1) is 20.7. The van der Waals surface area contributed by atoms with Gasteiger partial charge < -0.3 is 9.50 Å². The first kappa shape index (κ1) is 31.5. The van der Waals surface area contributed by atoms with Crippen molar-refractivity contribution >= 4 is 78.3 Å². The van der Waals surface area contributed by atoms with Gasteiger partial charge in [0.05, 0.1) is 26.2 Å². The summed E-state index contributed by atoms with van der Waals surface area (Å²) in [6, 6.07) is 18.4. The summed E-state index contributed by atoms with van der Waals surface area (Å²) in [7, 11) is -8.23. The number of thioether (sulfide) groups is 1. The third kappa shape index (κ3) is 6.76. The Morgan fingerprint density at radius 1 is 0.932 bits per heavy atom. The Morgan fingerprint density at radius 3 is 2.25 bits per heavy atom. The van der Waals surface area contributed by atoms with E-state index in [1.165, 1.54) is 42.5 Å². The van der Waals surface area contributed by atoms with Gasteiger partial charge in [0.15, 0.2) is 9.84 Å². The summed E-state index contributed by atoms with van der Waals surface area (Å²) in [5.41, 5.74) is 0.956. The second-order valence-corrected chi connectivity index (χ2v) is 15.0. The highest BCUT2D eigenvalue weighted by Crippen LogP contribution is 2.41. The fourth-order valence-electron chi connectivity index (χ4n) is 4.14. The summed E-state index contributed by atoms with van der Waals surface area (Å²) < 4.78 is 56.7.